The van der Waals surface area contributed by atoms with Crippen LogP contribution < -0.4 is 10.6 Å². The first-order valence-electron chi connectivity index (χ1n) is 8.24. The summed E-state index contributed by atoms with van der Waals surface area (Å²) >= 11 is 0. The molecule has 1 aromatic carbocycles. The number of carbonyl (C=O) groups excluding carboxylic acids is 1. The quantitative estimate of drug-likeness (QED) is 0.849. The van der Waals surface area contributed by atoms with Gasteiger partial charge in [0.25, 0.3) is 0 Å². The van der Waals surface area contributed by atoms with E-state index in [-0.39, 0.29) is 12.1 Å². The minimum atomic E-state index is -0.451. The van der Waals surface area contributed by atoms with Crippen molar-refractivity contribution < 1.29 is 9.53 Å². The molecule has 5 nitrogen and oxygen atoms in total. The van der Waals surface area contributed by atoms with Crippen molar-refractivity contribution in [3.63, 3.8) is 0 Å². The summed E-state index contributed by atoms with van der Waals surface area (Å²) in [5.74, 6) is 0. The van der Waals surface area contributed by atoms with Gasteiger partial charge in [-0.15, -0.1) is 0 Å². The van der Waals surface area contributed by atoms with Gasteiger partial charge in [-0.2, -0.15) is 0 Å². The summed E-state index contributed by atoms with van der Waals surface area (Å²) in [6, 6.07) is 6.27. The Morgan fingerprint density at radius 2 is 1.91 bits per heavy atom. The van der Waals surface area contributed by atoms with E-state index in [4.69, 9.17) is 10.5 Å². The molecule has 1 aliphatic heterocycles. The number of nitrogen functional groups attached to an aromatic ring is 1. The molecule has 0 bridgehead atoms. The van der Waals surface area contributed by atoms with Crippen molar-refractivity contribution in [2.75, 3.05) is 30.8 Å². The van der Waals surface area contributed by atoms with Gasteiger partial charge in [-0.3, -0.25) is 0 Å². The van der Waals surface area contributed by atoms with Crippen LogP contribution in [0, 0.1) is 6.92 Å². The van der Waals surface area contributed by atoms with Crippen LogP contribution in [0.1, 0.15) is 39.2 Å². The lowest BCUT2D eigenvalue weighted by Crippen LogP contribution is -2.47. The molecule has 0 spiro atoms. The lowest BCUT2D eigenvalue weighted by Gasteiger charge is -2.38. The minimum absolute atomic E-state index is 0.232. The van der Waals surface area contributed by atoms with Crippen molar-refractivity contribution >= 4 is 17.5 Å². The third-order valence-electron chi connectivity index (χ3n) is 4.26. The number of anilines is 2. The number of rotatable bonds is 2. The molecule has 128 valence electrons. The van der Waals surface area contributed by atoms with E-state index in [0.717, 1.165) is 31.6 Å². The highest BCUT2D eigenvalue weighted by Crippen LogP contribution is 2.27. The van der Waals surface area contributed by atoms with Gasteiger partial charge in [-0.1, -0.05) is 0 Å². The smallest absolute Gasteiger partial charge is 0.410 e. The SMILES string of the molecule is Cc1cc(N)ccc1N1CCC(N(C)C(=O)OC(C)(C)C)CC1. The van der Waals surface area contributed by atoms with Gasteiger partial charge in [0.1, 0.15) is 5.60 Å². The van der Waals surface area contributed by atoms with E-state index in [1.54, 1.807) is 4.90 Å². The first-order valence-corrected chi connectivity index (χ1v) is 8.24. The Kier molecular flexibility index (Phi) is 5.07. The van der Waals surface area contributed by atoms with Crippen molar-refractivity contribution in [2.45, 2.75) is 52.2 Å². The summed E-state index contributed by atoms with van der Waals surface area (Å²) in [6.07, 6.45) is 1.65. The zero-order chi connectivity index (χ0) is 17.2. The zero-order valence-electron chi connectivity index (χ0n) is 14.9. The second kappa shape index (κ2) is 6.69. The number of nitrogens with zero attached hydrogens (tertiary/aromatic N) is 2. The Bertz CT molecular complexity index is 558. The zero-order valence-corrected chi connectivity index (χ0v) is 14.9. The van der Waals surface area contributed by atoms with Crippen molar-refractivity contribution in [1.82, 2.24) is 4.90 Å². The van der Waals surface area contributed by atoms with Crippen LogP contribution in [0.4, 0.5) is 16.2 Å². The molecule has 1 amide bonds. The number of nitrogens with two attached hydrogens (primary N) is 1. The van der Waals surface area contributed by atoms with Gasteiger partial charge >= 0.3 is 6.09 Å². The number of ether oxygens (including phenoxy) is 1. The van der Waals surface area contributed by atoms with Crippen molar-refractivity contribution in [2.24, 2.45) is 0 Å². The van der Waals surface area contributed by atoms with E-state index >= 15 is 0 Å². The number of amides is 1. The van der Waals surface area contributed by atoms with Gasteiger partial charge in [0.05, 0.1) is 0 Å². The van der Waals surface area contributed by atoms with E-state index in [0.29, 0.717) is 0 Å². The van der Waals surface area contributed by atoms with Crippen LogP contribution in [0.25, 0.3) is 0 Å². The number of hydrogen-bond acceptors (Lipinski definition) is 4. The summed E-state index contributed by atoms with van der Waals surface area (Å²) in [7, 11) is 1.84. The molecule has 0 radical (unpaired) electrons. The largest absolute Gasteiger partial charge is 0.444 e. The van der Waals surface area contributed by atoms with Gasteiger partial charge in [0.15, 0.2) is 0 Å². The Morgan fingerprint density at radius 1 is 1.30 bits per heavy atom. The standard InChI is InChI=1S/C18H29N3O2/c1-13-12-14(19)6-7-16(13)21-10-8-15(9-11-21)20(5)17(22)23-18(2,3)4/h6-7,12,15H,8-11,19H2,1-5H3. The molecule has 0 aromatic heterocycles. The van der Waals surface area contributed by atoms with E-state index in [1.165, 1.54) is 11.3 Å². The number of aryl methyl sites for hydroxylation is 1. The van der Waals surface area contributed by atoms with Gasteiger partial charge in [0.2, 0.25) is 0 Å². The number of benzene rings is 1. The summed E-state index contributed by atoms with van der Waals surface area (Å²) in [5, 5.41) is 0. The number of carbonyl (C=O) groups is 1. The Hall–Kier alpha value is -1.91. The molecule has 1 fully saturated rings. The second-order valence-electron chi connectivity index (χ2n) is 7.36. The van der Waals surface area contributed by atoms with Crippen LogP contribution in [-0.4, -0.2) is 42.8 Å². The molecule has 2 N–H and O–H groups in total. The molecule has 0 aliphatic carbocycles. The molecule has 2 rings (SSSR count). The van der Waals surface area contributed by atoms with Crippen LogP contribution in [0.5, 0.6) is 0 Å². The van der Waals surface area contributed by atoms with E-state index in [9.17, 15) is 4.79 Å². The molecule has 1 heterocycles. The first kappa shape index (κ1) is 17.4. The Balaban J connectivity index is 1.94. The van der Waals surface area contributed by atoms with Gasteiger partial charge < -0.3 is 20.3 Å². The van der Waals surface area contributed by atoms with Crippen LogP contribution >= 0.6 is 0 Å². The molecule has 1 aliphatic rings. The van der Waals surface area contributed by atoms with Crippen LogP contribution in [0.3, 0.4) is 0 Å². The number of piperidine rings is 1. The topological polar surface area (TPSA) is 58.8 Å². The van der Waals surface area contributed by atoms with E-state index in [1.807, 2.05) is 40.0 Å². The fourth-order valence-electron chi connectivity index (χ4n) is 3.01. The summed E-state index contributed by atoms with van der Waals surface area (Å²) in [6.45, 7) is 9.64. The fourth-order valence-corrected chi connectivity index (χ4v) is 3.01. The predicted molar refractivity (Wildman–Crippen MR) is 94.8 cm³/mol. The highest BCUT2D eigenvalue weighted by molar-refractivity contribution is 5.68. The average molecular weight is 319 g/mol. The Morgan fingerprint density at radius 3 is 2.43 bits per heavy atom. The fraction of sp³-hybridized carbons (Fsp3) is 0.611. The second-order valence-corrected chi connectivity index (χ2v) is 7.36. The third-order valence-corrected chi connectivity index (χ3v) is 4.26. The number of hydrogen-bond donors (Lipinski definition) is 1. The molecular weight excluding hydrogens is 290 g/mol. The normalized spacial score (nSPS) is 16.3. The highest BCUT2D eigenvalue weighted by Gasteiger charge is 2.28. The van der Waals surface area contributed by atoms with Crippen LogP contribution in [0.15, 0.2) is 18.2 Å². The molecule has 1 aromatic rings. The van der Waals surface area contributed by atoms with Crippen molar-refractivity contribution in [3.8, 4) is 0 Å². The average Bonchev–Trinajstić information content (AvgIpc) is 2.45. The van der Waals surface area contributed by atoms with Gasteiger partial charge in [-0.25, -0.2) is 4.79 Å². The molecule has 0 saturated carbocycles. The lowest BCUT2D eigenvalue weighted by molar-refractivity contribution is 0.0201. The van der Waals surface area contributed by atoms with E-state index in [2.05, 4.69) is 17.9 Å². The van der Waals surface area contributed by atoms with Crippen LogP contribution in [-0.2, 0) is 4.74 Å². The molecular formula is C18H29N3O2. The third kappa shape index (κ3) is 4.53. The van der Waals surface area contributed by atoms with Crippen molar-refractivity contribution in [1.29, 1.82) is 0 Å². The lowest BCUT2D eigenvalue weighted by atomic mass is 10.0. The molecule has 0 atom stereocenters. The first-order chi connectivity index (χ1) is 10.7. The van der Waals surface area contributed by atoms with E-state index < -0.39 is 5.60 Å². The van der Waals surface area contributed by atoms with Crippen molar-refractivity contribution in [3.05, 3.63) is 23.8 Å². The summed E-state index contributed by atoms with van der Waals surface area (Å²) in [5.41, 5.74) is 8.60. The van der Waals surface area contributed by atoms with Gasteiger partial charge in [-0.05, 0) is 64.3 Å². The molecule has 23 heavy (non-hydrogen) atoms. The van der Waals surface area contributed by atoms with Crippen LogP contribution in [0.2, 0.25) is 0 Å². The summed E-state index contributed by atoms with van der Waals surface area (Å²) in [4.78, 5) is 16.3. The minimum Gasteiger partial charge on any atom is -0.444 e. The highest BCUT2D eigenvalue weighted by atomic mass is 16.6. The molecule has 1 saturated heterocycles. The molecule has 5 heteroatoms. The van der Waals surface area contributed by atoms with Gasteiger partial charge in [0, 0.05) is 37.6 Å². The predicted octanol–water partition coefficient (Wildman–Crippen LogP) is 3.41. The summed E-state index contributed by atoms with van der Waals surface area (Å²) < 4.78 is 5.46. The monoisotopic (exact) mass is 319 g/mol. The Labute approximate surface area is 139 Å². The maximum absolute atomic E-state index is 12.2. The molecule has 0 unspecified atom stereocenters. The maximum Gasteiger partial charge on any atom is 0.410 e. The maximum atomic E-state index is 12.2.